The summed E-state index contributed by atoms with van der Waals surface area (Å²) in [6.07, 6.45) is 0.654. The molecule has 0 N–H and O–H groups in total. The molecule has 1 amide bonds. The molecule has 0 saturated heterocycles. The number of carbonyl (C=O) groups excluding carboxylic acids is 1. The Morgan fingerprint density at radius 2 is 1.88 bits per heavy atom. The van der Waals surface area contributed by atoms with Crippen molar-refractivity contribution >= 4 is 5.91 Å². The van der Waals surface area contributed by atoms with Crippen LogP contribution in [-0.4, -0.2) is 37.2 Å². The van der Waals surface area contributed by atoms with Crippen molar-refractivity contribution in [3.63, 3.8) is 0 Å². The minimum atomic E-state index is -0.230. The summed E-state index contributed by atoms with van der Waals surface area (Å²) in [6.45, 7) is 4.98. The topological polar surface area (TPSA) is 38.8 Å². The molecule has 0 spiro atoms. The van der Waals surface area contributed by atoms with Crippen LogP contribution >= 0.6 is 0 Å². The average molecular weight is 357 g/mol. The van der Waals surface area contributed by atoms with E-state index in [2.05, 4.69) is 0 Å². The molecule has 138 valence electrons. The zero-order chi connectivity index (χ0) is 18.7. The van der Waals surface area contributed by atoms with Crippen LogP contribution in [0.2, 0.25) is 0 Å². The predicted octanol–water partition coefficient (Wildman–Crippen LogP) is 4.00. The summed E-state index contributed by atoms with van der Waals surface area (Å²) >= 11 is 0. The van der Waals surface area contributed by atoms with Gasteiger partial charge in [-0.15, -0.1) is 0 Å². The maximum atomic E-state index is 13.5. The van der Waals surface area contributed by atoms with Gasteiger partial charge in [-0.2, -0.15) is 0 Å². The summed E-state index contributed by atoms with van der Waals surface area (Å²) in [5.41, 5.74) is 2.61. The highest BCUT2D eigenvalue weighted by Gasteiger charge is 2.33. The largest absolute Gasteiger partial charge is 0.491 e. The van der Waals surface area contributed by atoms with Crippen LogP contribution < -0.4 is 4.74 Å². The van der Waals surface area contributed by atoms with Gasteiger partial charge in [0.25, 0.3) is 5.91 Å². The van der Waals surface area contributed by atoms with Crippen molar-refractivity contribution in [1.82, 2.24) is 4.90 Å². The van der Waals surface area contributed by atoms with Crippen LogP contribution in [0.15, 0.2) is 42.5 Å². The Balaban J connectivity index is 1.77. The first-order valence-corrected chi connectivity index (χ1v) is 8.84. The third-order valence-corrected chi connectivity index (χ3v) is 4.85. The molecule has 2 atom stereocenters. The lowest BCUT2D eigenvalue weighted by Gasteiger charge is -2.40. The summed E-state index contributed by atoms with van der Waals surface area (Å²) in [6, 6.07) is 11.9. The lowest BCUT2D eigenvalue weighted by Crippen LogP contribution is -2.45. The first-order valence-electron chi connectivity index (χ1n) is 8.84. The molecule has 1 aliphatic heterocycles. The SMILES string of the molecule is COCCOc1ccc(C(=O)N2[C@H](C)Cc3cc(F)ccc3[C@@H]2C)cc1. The number of benzene rings is 2. The minimum absolute atomic E-state index is 0.00410. The smallest absolute Gasteiger partial charge is 0.254 e. The fraction of sp³-hybridized carbons (Fsp3) is 0.381. The second-order valence-electron chi connectivity index (χ2n) is 6.65. The Hall–Kier alpha value is -2.40. The van der Waals surface area contributed by atoms with Gasteiger partial charge in [0, 0.05) is 18.7 Å². The Bertz CT molecular complexity index is 775. The Morgan fingerprint density at radius 3 is 2.58 bits per heavy atom. The zero-order valence-corrected chi connectivity index (χ0v) is 15.4. The molecule has 1 aliphatic rings. The second-order valence-corrected chi connectivity index (χ2v) is 6.65. The normalized spacial score (nSPS) is 19.2. The maximum Gasteiger partial charge on any atom is 0.254 e. The van der Waals surface area contributed by atoms with E-state index in [1.54, 1.807) is 43.5 Å². The van der Waals surface area contributed by atoms with Crippen molar-refractivity contribution < 1.29 is 18.7 Å². The van der Waals surface area contributed by atoms with E-state index >= 15 is 0 Å². The van der Waals surface area contributed by atoms with E-state index in [1.165, 1.54) is 6.07 Å². The van der Waals surface area contributed by atoms with Crippen LogP contribution in [-0.2, 0) is 11.2 Å². The van der Waals surface area contributed by atoms with E-state index in [0.717, 1.165) is 11.1 Å². The number of halogens is 1. The lowest BCUT2D eigenvalue weighted by molar-refractivity contribution is 0.0580. The molecular formula is C21H24FNO3. The molecule has 4 nitrogen and oxygen atoms in total. The molecule has 1 heterocycles. The van der Waals surface area contributed by atoms with E-state index in [0.29, 0.717) is 30.9 Å². The molecule has 0 bridgehead atoms. The summed E-state index contributed by atoms with van der Waals surface area (Å²) < 4.78 is 24.0. The van der Waals surface area contributed by atoms with E-state index in [9.17, 15) is 9.18 Å². The van der Waals surface area contributed by atoms with Gasteiger partial charge in [-0.05, 0) is 67.8 Å². The van der Waals surface area contributed by atoms with Gasteiger partial charge in [-0.25, -0.2) is 4.39 Å². The maximum absolute atomic E-state index is 13.5. The first kappa shape index (κ1) is 18.4. The minimum Gasteiger partial charge on any atom is -0.491 e. The number of hydrogen-bond donors (Lipinski definition) is 0. The second kappa shape index (κ2) is 7.87. The molecule has 0 unspecified atom stereocenters. The fourth-order valence-corrected chi connectivity index (χ4v) is 3.57. The summed E-state index contributed by atoms with van der Waals surface area (Å²) in [5.74, 6) is 0.453. The highest BCUT2D eigenvalue weighted by molar-refractivity contribution is 5.95. The molecule has 2 aromatic rings. The lowest BCUT2D eigenvalue weighted by atomic mass is 9.89. The van der Waals surface area contributed by atoms with Crippen LogP contribution in [0.5, 0.6) is 5.75 Å². The number of methoxy groups -OCH3 is 1. The van der Waals surface area contributed by atoms with Crippen LogP contribution in [0.4, 0.5) is 4.39 Å². The zero-order valence-electron chi connectivity index (χ0n) is 15.4. The van der Waals surface area contributed by atoms with Gasteiger partial charge in [-0.3, -0.25) is 4.79 Å². The van der Waals surface area contributed by atoms with Gasteiger partial charge in [-0.1, -0.05) is 6.07 Å². The third-order valence-electron chi connectivity index (χ3n) is 4.85. The Morgan fingerprint density at radius 1 is 1.15 bits per heavy atom. The number of fused-ring (bicyclic) bond motifs is 1. The van der Waals surface area contributed by atoms with Gasteiger partial charge in [0.15, 0.2) is 0 Å². The van der Waals surface area contributed by atoms with Gasteiger partial charge < -0.3 is 14.4 Å². The van der Waals surface area contributed by atoms with Gasteiger partial charge in [0.05, 0.1) is 12.6 Å². The molecule has 3 rings (SSSR count). The number of nitrogens with zero attached hydrogens (tertiary/aromatic N) is 1. The molecule has 0 saturated carbocycles. The molecule has 0 radical (unpaired) electrons. The van der Waals surface area contributed by atoms with Crippen LogP contribution in [0.3, 0.4) is 0 Å². The standard InChI is InChI=1S/C21H24FNO3/c1-14-12-17-13-18(22)6-9-20(17)15(2)23(14)21(24)16-4-7-19(8-5-16)26-11-10-25-3/h4-9,13-15H,10-12H2,1-3H3/t14-,15+/m1/s1. The number of ether oxygens (including phenoxy) is 2. The molecule has 2 aromatic carbocycles. The van der Waals surface area contributed by atoms with Crippen molar-refractivity contribution in [3.05, 3.63) is 65.0 Å². The van der Waals surface area contributed by atoms with Gasteiger partial charge in [0.2, 0.25) is 0 Å². The highest BCUT2D eigenvalue weighted by atomic mass is 19.1. The quantitative estimate of drug-likeness (QED) is 0.759. The Kier molecular flexibility index (Phi) is 5.57. The van der Waals surface area contributed by atoms with Crippen molar-refractivity contribution in [3.8, 4) is 5.75 Å². The molecule has 5 heteroatoms. The van der Waals surface area contributed by atoms with E-state index in [1.807, 2.05) is 18.7 Å². The Labute approximate surface area is 153 Å². The van der Waals surface area contributed by atoms with E-state index in [-0.39, 0.29) is 23.8 Å². The summed E-state index contributed by atoms with van der Waals surface area (Å²) in [7, 11) is 1.62. The monoisotopic (exact) mass is 357 g/mol. The molecule has 0 fully saturated rings. The predicted molar refractivity (Wildman–Crippen MR) is 98.0 cm³/mol. The van der Waals surface area contributed by atoms with E-state index < -0.39 is 0 Å². The van der Waals surface area contributed by atoms with Crippen molar-refractivity contribution in [1.29, 1.82) is 0 Å². The molecule has 0 aliphatic carbocycles. The summed E-state index contributed by atoms with van der Waals surface area (Å²) in [5, 5.41) is 0. The third kappa shape index (κ3) is 3.73. The van der Waals surface area contributed by atoms with Crippen molar-refractivity contribution in [2.24, 2.45) is 0 Å². The summed E-state index contributed by atoms with van der Waals surface area (Å²) in [4.78, 5) is 14.9. The van der Waals surface area contributed by atoms with Gasteiger partial charge in [0.1, 0.15) is 18.2 Å². The van der Waals surface area contributed by atoms with Crippen molar-refractivity contribution in [2.45, 2.75) is 32.4 Å². The first-order chi connectivity index (χ1) is 12.5. The van der Waals surface area contributed by atoms with Crippen LogP contribution in [0, 0.1) is 5.82 Å². The van der Waals surface area contributed by atoms with Gasteiger partial charge >= 0.3 is 0 Å². The van der Waals surface area contributed by atoms with Crippen LogP contribution in [0.1, 0.15) is 41.4 Å². The molecular weight excluding hydrogens is 333 g/mol. The number of hydrogen-bond acceptors (Lipinski definition) is 3. The average Bonchev–Trinajstić information content (AvgIpc) is 2.62. The molecule has 26 heavy (non-hydrogen) atoms. The molecule has 0 aromatic heterocycles. The van der Waals surface area contributed by atoms with Crippen molar-refractivity contribution in [2.75, 3.05) is 20.3 Å². The van der Waals surface area contributed by atoms with Crippen LogP contribution in [0.25, 0.3) is 0 Å². The van der Waals surface area contributed by atoms with E-state index in [4.69, 9.17) is 9.47 Å². The number of rotatable bonds is 5. The highest BCUT2D eigenvalue weighted by Crippen LogP contribution is 2.34. The fourth-order valence-electron chi connectivity index (χ4n) is 3.57. The number of carbonyl (C=O) groups is 1. The number of amides is 1.